The van der Waals surface area contributed by atoms with Crippen LogP contribution in [-0.2, 0) is 10.3 Å². The summed E-state index contributed by atoms with van der Waals surface area (Å²) < 4.78 is 63.1. The van der Waals surface area contributed by atoms with Gasteiger partial charge < -0.3 is 10.5 Å². The maximum absolute atomic E-state index is 14.9. The molecule has 1 aromatic carbocycles. The summed E-state index contributed by atoms with van der Waals surface area (Å²) in [5.41, 5.74) is 3.03. The number of alkyl halides is 2. The van der Waals surface area contributed by atoms with E-state index < -0.39 is 41.3 Å². The van der Waals surface area contributed by atoms with Crippen LogP contribution in [0.5, 0.6) is 0 Å². The number of hydrogen-bond donors (Lipinski definition) is 1. The molecule has 0 radical (unpaired) electrons. The lowest BCUT2D eigenvalue weighted by Crippen LogP contribution is -2.51. The van der Waals surface area contributed by atoms with Crippen LogP contribution in [0.25, 0.3) is 9.41 Å². The zero-order valence-corrected chi connectivity index (χ0v) is 17.0. The van der Waals surface area contributed by atoms with Gasteiger partial charge in [0, 0.05) is 11.8 Å². The number of nitrogens with zero attached hydrogens (tertiary/aromatic N) is 3. The Labute approximate surface area is 177 Å². The minimum Gasteiger partial charge on any atom is -0.459 e. The van der Waals surface area contributed by atoms with E-state index in [2.05, 4.69) is 14.7 Å². The summed E-state index contributed by atoms with van der Waals surface area (Å²) in [6.07, 6.45) is 1.20. The van der Waals surface area contributed by atoms with Gasteiger partial charge in [-0.05, 0) is 59.3 Å². The van der Waals surface area contributed by atoms with E-state index in [9.17, 15) is 17.6 Å². The third-order valence-electron chi connectivity index (χ3n) is 4.50. The fourth-order valence-electron chi connectivity index (χ4n) is 2.76. The van der Waals surface area contributed by atoms with Gasteiger partial charge in [0.1, 0.15) is 11.9 Å². The molecule has 0 saturated carbocycles. The van der Waals surface area contributed by atoms with Crippen LogP contribution >= 0.6 is 22.6 Å². The molecule has 150 valence electrons. The molecule has 2 N–H and O–H groups in total. The molecule has 1 aliphatic heterocycles. The van der Waals surface area contributed by atoms with Crippen molar-refractivity contribution in [2.24, 2.45) is 10.7 Å². The molecule has 0 fully saturated rings. The summed E-state index contributed by atoms with van der Waals surface area (Å²) in [5, 5.41) is 8.80. The van der Waals surface area contributed by atoms with Crippen LogP contribution in [0.3, 0.4) is 0 Å². The van der Waals surface area contributed by atoms with E-state index >= 15 is 0 Å². The number of nitriles is 1. The number of aromatic nitrogens is 1. The molecule has 29 heavy (non-hydrogen) atoms. The summed E-state index contributed by atoms with van der Waals surface area (Å²) in [4.78, 5) is 7.51. The van der Waals surface area contributed by atoms with Crippen molar-refractivity contribution in [1.29, 1.82) is 5.26 Å². The van der Waals surface area contributed by atoms with Crippen molar-refractivity contribution < 1.29 is 22.3 Å². The minimum atomic E-state index is -3.54. The molecular weight excluding hydrogens is 503 g/mol. The van der Waals surface area contributed by atoms with Gasteiger partial charge in [0.15, 0.2) is 18.0 Å². The van der Waals surface area contributed by atoms with E-state index in [0.717, 1.165) is 19.1 Å². The summed E-state index contributed by atoms with van der Waals surface area (Å²) in [7, 11) is 0. The Kier molecular flexibility index (Phi) is 5.53. The van der Waals surface area contributed by atoms with Crippen LogP contribution < -0.4 is 5.73 Å². The van der Waals surface area contributed by atoms with Crippen LogP contribution in [0.2, 0.25) is 0 Å². The lowest BCUT2D eigenvalue weighted by atomic mass is 9.84. The maximum atomic E-state index is 14.9. The first kappa shape index (κ1) is 21.0. The summed E-state index contributed by atoms with van der Waals surface area (Å²) in [5.74, 6) is -5.23. The van der Waals surface area contributed by atoms with Gasteiger partial charge in [-0.3, -0.25) is 4.98 Å². The van der Waals surface area contributed by atoms with Gasteiger partial charge in [-0.1, -0.05) is 6.07 Å². The standard InChI is InChI=1S/C19H13F4IN4O/c1-18(19(22,23)9-29-17(26)28-18)12-6-11(3-4-13(12)20)16(24)15(21)14-5-2-10(7-25)8-27-14/h2-6,8H,9H2,1H3,(H2,26,28). The van der Waals surface area contributed by atoms with Crippen molar-refractivity contribution in [3.05, 3.63) is 64.7 Å². The van der Waals surface area contributed by atoms with E-state index in [1.165, 1.54) is 24.4 Å². The van der Waals surface area contributed by atoms with E-state index in [1.807, 2.05) is 6.07 Å². The van der Waals surface area contributed by atoms with E-state index in [-0.39, 0.29) is 20.4 Å². The molecule has 1 atom stereocenters. The number of aliphatic imine (C=N–C) groups is 1. The van der Waals surface area contributed by atoms with E-state index in [0.29, 0.717) is 0 Å². The monoisotopic (exact) mass is 516 g/mol. The summed E-state index contributed by atoms with van der Waals surface area (Å²) in [6.45, 7) is -0.0152. The molecule has 1 aliphatic rings. The lowest BCUT2D eigenvalue weighted by molar-refractivity contribution is -0.117. The zero-order chi connectivity index (χ0) is 21.4. The average Bonchev–Trinajstić information content (AvgIpc) is 2.70. The molecule has 10 heteroatoms. The molecular formula is C19H13F4IN4O. The Bertz CT molecular complexity index is 1060. The SMILES string of the molecule is CC1(c2cc(C(I)=C(F)c3ccc(C#N)cn3)ccc2F)N=C(N)OCC1(F)F. The van der Waals surface area contributed by atoms with Gasteiger partial charge in [-0.25, -0.2) is 13.8 Å². The first-order valence-corrected chi connectivity index (χ1v) is 9.25. The fraction of sp³-hybridized carbons (Fsp3) is 0.211. The number of rotatable bonds is 3. The van der Waals surface area contributed by atoms with Crippen molar-refractivity contribution >= 4 is 38.0 Å². The molecule has 0 saturated heterocycles. The molecule has 0 spiro atoms. The highest BCUT2D eigenvalue weighted by Gasteiger charge is 2.56. The Morgan fingerprint density at radius 3 is 2.66 bits per heavy atom. The number of pyridine rings is 1. The quantitative estimate of drug-likeness (QED) is 0.481. The van der Waals surface area contributed by atoms with Crippen molar-refractivity contribution in [2.45, 2.75) is 18.4 Å². The van der Waals surface area contributed by atoms with Crippen molar-refractivity contribution in [1.82, 2.24) is 4.98 Å². The van der Waals surface area contributed by atoms with Crippen LogP contribution in [-0.4, -0.2) is 23.5 Å². The minimum absolute atomic E-state index is 0.0250. The van der Waals surface area contributed by atoms with Gasteiger partial charge in [-0.15, -0.1) is 0 Å². The van der Waals surface area contributed by atoms with Crippen molar-refractivity contribution in [2.75, 3.05) is 6.61 Å². The van der Waals surface area contributed by atoms with Crippen LogP contribution in [0.4, 0.5) is 17.6 Å². The molecule has 0 amide bonds. The Morgan fingerprint density at radius 2 is 2.03 bits per heavy atom. The average molecular weight is 516 g/mol. The van der Waals surface area contributed by atoms with E-state index in [1.54, 1.807) is 22.6 Å². The normalized spacial score (nSPS) is 21.5. The van der Waals surface area contributed by atoms with Gasteiger partial charge in [0.2, 0.25) is 0 Å². The van der Waals surface area contributed by atoms with Crippen molar-refractivity contribution in [3.8, 4) is 6.07 Å². The third kappa shape index (κ3) is 3.78. The van der Waals surface area contributed by atoms with Crippen LogP contribution in [0.15, 0.2) is 41.5 Å². The second-order valence-corrected chi connectivity index (χ2v) is 7.46. The van der Waals surface area contributed by atoms with Crippen LogP contribution in [0.1, 0.15) is 29.3 Å². The van der Waals surface area contributed by atoms with Gasteiger partial charge >= 0.3 is 5.92 Å². The zero-order valence-electron chi connectivity index (χ0n) is 14.9. The predicted octanol–water partition coefficient (Wildman–Crippen LogP) is 4.52. The number of ether oxygens (including phenoxy) is 1. The molecule has 1 unspecified atom stereocenters. The van der Waals surface area contributed by atoms with Crippen LogP contribution in [0, 0.1) is 17.1 Å². The Hall–Kier alpha value is -2.68. The smallest absolute Gasteiger partial charge is 0.310 e. The Balaban J connectivity index is 2.11. The molecule has 5 nitrogen and oxygen atoms in total. The lowest BCUT2D eigenvalue weighted by Gasteiger charge is -2.37. The van der Waals surface area contributed by atoms with Gasteiger partial charge in [-0.2, -0.15) is 14.0 Å². The number of nitrogens with two attached hydrogens (primary N) is 1. The van der Waals surface area contributed by atoms with Gasteiger partial charge in [0.05, 0.1) is 14.8 Å². The highest BCUT2D eigenvalue weighted by Crippen LogP contribution is 2.45. The highest BCUT2D eigenvalue weighted by atomic mass is 127. The summed E-state index contributed by atoms with van der Waals surface area (Å²) in [6, 6.07) is 7.43. The summed E-state index contributed by atoms with van der Waals surface area (Å²) >= 11 is 1.68. The number of benzene rings is 1. The van der Waals surface area contributed by atoms with Gasteiger partial charge in [0.25, 0.3) is 6.02 Å². The Morgan fingerprint density at radius 1 is 1.31 bits per heavy atom. The van der Waals surface area contributed by atoms with E-state index in [4.69, 9.17) is 11.0 Å². The molecule has 2 aromatic rings. The molecule has 3 rings (SSSR count). The third-order valence-corrected chi connectivity index (χ3v) is 5.60. The molecule has 0 aliphatic carbocycles. The molecule has 2 heterocycles. The van der Waals surface area contributed by atoms with Crippen molar-refractivity contribution in [3.63, 3.8) is 0 Å². The molecule has 1 aromatic heterocycles. The first-order valence-electron chi connectivity index (χ1n) is 8.17. The number of halogens is 5. The topological polar surface area (TPSA) is 84.3 Å². The predicted molar refractivity (Wildman–Crippen MR) is 107 cm³/mol. The highest BCUT2D eigenvalue weighted by molar-refractivity contribution is 14.1. The molecule has 0 bridgehead atoms. The first-order chi connectivity index (χ1) is 13.6. The number of hydrogen-bond acceptors (Lipinski definition) is 5. The second kappa shape index (κ2) is 7.62. The second-order valence-electron chi connectivity index (χ2n) is 6.38. The maximum Gasteiger partial charge on any atom is 0.310 e. The fourth-order valence-corrected chi connectivity index (χ4v) is 3.37. The number of amidine groups is 1. The largest absolute Gasteiger partial charge is 0.459 e.